The van der Waals surface area contributed by atoms with Gasteiger partial charge in [0, 0.05) is 12.1 Å². The van der Waals surface area contributed by atoms with Crippen LogP contribution < -0.4 is 4.90 Å². The molecule has 0 spiro atoms. The second-order valence-electron chi connectivity index (χ2n) is 7.51. The molecule has 1 aromatic carbocycles. The zero-order valence-electron chi connectivity index (χ0n) is 15.3. The van der Waals surface area contributed by atoms with Crippen molar-refractivity contribution in [2.24, 2.45) is 5.92 Å². The second-order valence-corrected chi connectivity index (χ2v) is 7.51. The summed E-state index contributed by atoms with van der Waals surface area (Å²) in [5, 5.41) is 28.7. The Hall–Kier alpha value is -2.42. The number of alkyl halides is 3. The van der Waals surface area contributed by atoms with Gasteiger partial charge in [0.05, 0.1) is 23.4 Å². The number of anilines is 1. The molecule has 1 aliphatic heterocycles. The van der Waals surface area contributed by atoms with Gasteiger partial charge in [-0.15, -0.1) is 10.2 Å². The van der Waals surface area contributed by atoms with Gasteiger partial charge >= 0.3 is 6.18 Å². The summed E-state index contributed by atoms with van der Waals surface area (Å²) < 4.78 is 38.4. The number of nitrogens with zero attached hydrogens (tertiary/aromatic N) is 4. The molecule has 1 saturated heterocycles. The Bertz CT molecular complexity index is 890. The molecule has 0 amide bonds. The van der Waals surface area contributed by atoms with Crippen LogP contribution >= 0.6 is 0 Å². The quantitative estimate of drug-likeness (QED) is 0.813. The summed E-state index contributed by atoms with van der Waals surface area (Å²) in [5.74, 6) is 0.290. The summed E-state index contributed by atoms with van der Waals surface area (Å²) in [6.45, 7) is 2.41. The van der Waals surface area contributed by atoms with E-state index in [1.165, 1.54) is 6.07 Å². The second kappa shape index (κ2) is 6.88. The van der Waals surface area contributed by atoms with Crippen LogP contribution in [0.3, 0.4) is 0 Å². The monoisotopic (exact) mass is 394 g/mol. The zero-order valence-corrected chi connectivity index (χ0v) is 15.3. The first-order valence-corrected chi connectivity index (χ1v) is 9.32. The molecule has 1 saturated carbocycles. The van der Waals surface area contributed by atoms with Gasteiger partial charge in [-0.05, 0) is 50.3 Å². The summed E-state index contributed by atoms with van der Waals surface area (Å²) in [7, 11) is 0. The summed E-state index contributed by atoms with van der Waals surface area (Å²) in [6, 6.07) is 2.72. The number of phenolic OH excluding ortho intramolecular Hbond substituents is 1. The highest BCUT2D eigenvalue weighted by atomic mass is 19.4. The lowest BCUT2D eigenvalue weighted by molar-refractivity contribution is -0.137. The number of phenols is 1. The molecule has 4 rings (SSSR count). The minimum absolute atomic E-state index is 0.0275. The fraction of sp³-hybridized carbons (Fsp3) is 0.526. The number of halogens is 3. The molecule has 3 unspecified atom stereocenters. The Morgan fingerprint density at radius 1 is 1.14 bits per heavy atom. The standard InChI is InChI=1S/C19H21F3N4O2/c1-10-16(13-6-5-12(9-15(13)28)19(20,21)22)24-25-18(23-10)26-8-7-11-3-2-4-14(27)17(11)26/h5-6,9,11,14,17,27-28H,2-4,7-8H2,1H3. The van der Waals surface area contributed by atoms with Crippen LogP contribution in [0.15, 0.2) is 18.2 Å². The first kappa shape index (κ1) is 18.9. The number of fused-ring (bicyclic) bond motifs is 1. The number of aliphatic hydroxyl groups excluding tert-OH is 1. The summed E-state index contributed by atoms with van der Waals surface area (Å²) in [4.78, 5) is 6.45. The molecular formula is C19H21F3N4O2. The van der Waals surface area contributed by atoms with Crippen molar-refractivity contribution in [1.82, 2.24) is 15.2 Å². The Morgan fingerprint density at radius 3 is 2.61 bits per heavy atom. The molecule has 0 radical (unpaired) electrons. The number of benzene rings is 1. The highest BCUT2D eigenvalue weighted by Gasteiger charge is 2.42. The van der Waals surface area contributed by atoms with E-state index < -0.39 is 23.6 Å². The Labute approximate surface area is 160 Å². The summed E-state index contributed by atoms with van der Waals surface area (Å²) >= 11 is 0. The van der Waals surface area contributed by atoms with Crippen LogP contribution in [0.1, 0.15) is 36.9 Å². The Kier molecular flexibility index (Phi) is 4.65. The van der Waals surface area contributed by atoms with Gasteiger partial charge in [0.1, 0.15) is 11.4 Å². The van der Waals surface area contributed by atoms with E-state index in [4.69, 9.17) is 0 Å². The molecule has 28 heavy (non-hydrogen) atoms. The van der Waals surface area contributed by atoms with Crippen molar-refractivity contribution in [3.05, 3.63) is 29.5 Å². The minimum atomic E-state index is -4.54. The van der Waals surface area contributed by atoms with Crippen molar-refractivity contribution in [3.63, 3.8) is 0 Å². The van der Waals surface area contributed by atoms with E-state index in [1.807, 2.05) is 4.90 Å². The van der Waals surface area contributed by atoms with Crippen LogP contribution in [0.5, 0.6) is 5.75 Å². The van der Waals surface area contributed by atoms with E-state index in [2.05, 4.69) is 15.2 Å². The van der Waals surface area contributed by atoms with Crippen molar-refractivity contribution >= 4 is 5.95 Å². The van der Waals surface area contributed by atoms with E-state index >= 15 is 0 Å². The van der Waals surface area contributed by atoms with Crippen molar-refractivity contribution in [3.8, 4) is 17.0 Å². The number of rotatable bonds is 2. The number of hydrogen-bond donors (Lipinski definition) is 2. The topological polar surface area (TPSA) is 82.4 Å². The third kappa shape index (κ3) is 3.28. The van der Waals surface area contributed by atoms with Crippen LogP contribution in [0.4, 0.5) is 19.1 Å². The van der Waals surface area contributed by atoms with Crippen molar-refractivity contribution in [2.75, 3.05) is 11.4 Å². The molecule has 2 aromatic rings. The first-order chi connectivity index (χ1) is 13.3. The molecule has 0 bridgehead atoms. The van der Waals surface area contributed by atoms with Crippen LogP contribution in [-0.2, 0) is 6.18 Å². The number of aryl methyl sites for hydroxylation is 1. The molecule has 150 valence electrons. The SMILES string of the molecule is Cc1nc(N2CCC3CCCC(O)C32)nnc1-c1ccc(C(F)(F)F)cc1O. The molecular weight excluding hydrogens is 373 g/mol. The number of hydrogen-bond acceptors (Lipinski definition) is 6. The van der Waals surface area contributed by atoms with E-state index in [-0.39, 0.29) is 17.3 Å². The molecule has 1 aromatic heterocycles. The fourth-order valence-corrected chi connectivity index (χ4v) is 4.38. The maximum Gasteiger partial charge on any atom is 0.416 e. The van der Waals surface area contributed by atoms with Gasteiger partial charge in [-0.1, -0.05) is 6.42 Å². The van der Waals surface area contributed by atoms with Gasteiger partial charge in [-0.3, -0.25) is 0 Å². The van der Waals surface area contributed by atoms with E-state index in [0.29, 0.717) is 23.6 Å². The molecule has 9 heteroatoms. The molecule has 2 heterocycles. The van der Waals surface area contributed by atoms with Crippen LogP contribution in [0, 0.1) is 12.8 Å². The minimum Gasteiger partial charge on any atom is -0.507 e. The van der Waals surface area contributed by atoms with Crippen LogP contribution in [0.25, 0.3) is 11.3 Å². The molecule has 2 N–H and O–H groups in total. The van der Waals surface area contributed by atoms with Crippen molar-refractivity contribution < 1.29 is 23.4 Å². The van der Waals surface area contributed by atoms with E-state index in [9.17, 15) is 23.4 Å². The molecule has 3 atom stereocenters. The average Bonchev–Trinajstić information content (AvgIpc) is 3.07. The zero-order chi connectivity index (χ0) is 20.1. The summed E-state index contributed by atoms with van der Waals surface area (Å²) in [6.07, 6.45) is -1.16. The predicted molar refractivity (Wildman–Crippen MR) is 95.8 cm³/mol. The lowest BCUT2D eigenvalue weighted by atomic mass is 9.83. The highest BCUT2D eigenvalue weighted by molar-refractivity contribution is 5.69. The van der Waals surface area contributed by atoms with Gasteiger partial charge in [-0.2, -0.15) is 13.2 Å². The Morgan fingerprint density at radius 2 is 1.93 bits per heavy atom. The maximum absolute atomic E-state index is 12.8. The van der Waals surface area contributed by atoms with Gasteiger partial charge in [0.25, 0.3) is 0 Å². The fourth-order valence-electron chi connectivity index (χ4n) is 4.38. The van der Waals surface area contributed by atoms with Gasteiger partial charge < -0.3 is 15.1 Å². The Balaban J connectivity index is 1.64. The van der Waals surface area contributed by atoms with Gasteiger partial charge in [0.2, 0.25) is 5.95 Å². The van der Waals surface area contributed by atoms with Crippen molar-refractivity contribution in [1.29, 1.82) is 0 Å². The number of aromatic nitrogens is 3. The number of aliphatic hydroxyl groups is 1. The highest BCUT2D eigenvalue weighted by Crippen LogP contribution is 2.39. The maximum atomic E-state index is 12.8. The largest absolute Gasteiger partial charge is 0.507 e. The number of aromatic hydroxyl groups is 1. The summed E-state index contributed by atoms with van der Waals surface area (Å²) in [5.41, 5.74) is -0.101. The van der Waals surface area contributed by atoms with E-state index in [1.54, 1.807) is 6.92 Å². The predicted octanol–water partition coefficient (Wildman–Crippen LogP) is 3.31. The average molecular weight is 394 g/mol. The van der Waals surface area contributed by atoms with Gasteiger partial charge in [0.15, 0.2) is 0 Å². The third-order valence-electron chi connectivity index (χ3n) is 5.74. The van der Waals surface area contributed by atoms with Crippen molar-refractivity contribution in [2.45, 2.75) is 50.9 Å². The molecule has 2 aliphatic rings. The van der Waals surface area contributed by atoms with Crippen LogP contribution in [-0.4, -0.2) is 44.1 Å². The third-order valence-corrected chi connectivity index (χ3v) is 5.74. The van der Waals surface area contributed by atoms with Gasteiger partial charge in [-0.25, -0.2) is 4.98 Å². The molecule has 1 aliphatic carbocycles. The normalized spacial score (nSPS) is 25.0. The lowest BCUT2D eigenvalue weighted by Gasteiger charge is -2.35. The molecule has 6 nitrogen and oxygen atoms in total. The smallest absolute Gasteiger partial charge is 0.416 e. The van der Waals surface area contributed by atoms with E-state index in [0.717, 1.165) is 38.3 Å². The lowest BCUT2D eigenvalue weighted by Crippen LogP contribution is -2.45. The van der Waals surface area contributed by atoms with Crippen LogP contribution in [0.2, 0.25) is 0 Å². The molecule has 2 fully saturated rings. The first-order valence-electron chi connectivity index (χ1n) is 9.32.